The molecule has 0 aromatic heterocycles. The molecule has 0 saturated heterocycles. The van der Waals surface area contributed by atoms with Gasteiger partial charge in [0.25, 0.3) is 0 Å². The van der Waals surface area contributed by atoms with E-state index in [1.165, 1.54) is 0 Å². The topological polar surface area (TPSA) is 66.4 Å². The number of halogens is 1. The van der Waals surface area contributed by atoms with Crippen LogP contribution in [0.1, 0.15) is 24.0 Å². The summed E-state index contributed by atoms with van der Waals surface area (Å²) in [5, 5.41) is 11.8. The van der Waals surface area contributed by atoms with Gasteiger partial charge in [0.1, 0.15) is 5.41 Å². The molecule has 0 atom stereocenters. The van der Waals surface area contributed by atoms with E-state index in [9.17, 15) is 9.59 Å². The van der Waals surface area contributed by atoms with Crippen LogP contribution in [0.15, 0.2) is 16.6 Å². The fourth-order valence-corrected chi connectivity index (χ4v) is 2.74. The van der Waals surface area contributed by atoms with Crippen LogP contribution in [0, 0.1) is 19.3 Å². The number of aryl methyl sites for hydroxylation is 2. The number of nitrogens with one attached hydrogen (secondary N) is 1. The molecule has 96 valence electrons. The third-order valence-electron chi connectivity index (χ3n) is 3.26. The maximum Gasteiger partial charge on any atom is 0.319 e. The van der Waals surface area contributed by atoms with Crippen molar-refractivity contribution in [3.8, 4) is 0 Å². The number of hydrogen-bond donors (Lipinski definition) is 2. The number of hydrogen-bond acceptors (Lipinski definition) is 2. The minimum Gasteiger partial charge on any atom is -0.480 e. The number of carbonyl (C=O) groups is 2. The van der Waals surface area contributed by atoms with Gasteiger partial charge in [-0.1, -0.05) is 6.07 Å². The maximum absolute atomic E-state index is 12.0. The Hall–Kier alpha value is -1.36. The van der Waals surface area contributed by atoms with Gasteiger partial charge < -0.3 is 10.4 Å². The molecule has 1 fully saturated rings. The van der Waals surface area contributed by atoms with E-state index in [1.54, 1.807) is 0 Å². The summed E-state index contributed by atoms with van der Waals surface area (Å²) in [6.45, 7) is 3.84. The molecule has 1 aliphatic carbocycles. The summed E-state index contributed by atoms with van der Waals surface area (Å²) in [6.07, 6.45) is 0.827. The Morgan fingerprint density at radius 1 is 1.33 bits per heavy atom. The number of carbonyl (C=O) groups excluding carboxylic acids is 1. The third-order valence-corrected chi connectivity index (χ3v) is 3.89. The number of carboxylic acid groups (broad SMARTS) is 1. The highest BCUT2D eigenvalue weighted by molar-refractivity contribution is 9.10. The highest BCUT2D eigenvalue weighted by atomic mass is 79.9. The van der Waals surface area contributed by atoms with Gasteiger partial charge in [-0.05, 0) is 59.8 Å². The van der Waals surface area contributed by atoms with Crippen molar-refractivity contribution in [3.05, 3.63) is 27.7 Å². The molecule has 5 heteroatoms. The van der Waals surface area contributed by atoms with Crippen LogP contribution in [-0.4, -0.2) is 17.0 Å². The van der Waals surface area contributed by atoms with Crippen LogP contribution >= 0.6 is 15.9 Å². The first-order valence-electron chi connectivity index (χ1n) is 5.68. The Balaban J connectivity index is 2.26. The van der Waals surface area contributed by atoms with Crippen LogP contribution in [0.3, 0.4) is 0 Å². The molecule has 0 aliphatic heterocycles. The van der Waals surface area contributed by atoms with Crippen molar-refractivity contribution in [3.63, 3.8) is 0 Å². The van der Waals surface area contributed by atoms with Crippen molar-refractivity contribution in [1.29, 1.82) is 0 Å². The molecular weight excluding hydrogens is 298 g/mol. The highest BCUT2D eigenvalue weighted by Gasteiger charge is 2.57. The predicted molar refractivity (Wildman–Crippen MR) is 71.5 cm³/mol. The van der Waals surface area contributed by atoms with Gasteiger partial charge in [-0.2, -0.15) is 0 Å². The molecule has 0 bridgehead atoms. The van der Waals surface area contributed by atoms with Crippen molar-refractivity contribution in [2.24, 2.45) is 5.41 Å². The van der Waals surface area contributed by atoms with Gasteiger partial charge in [-0.3, -0.25) is 9.59 Å². The Morgan fingerprint density at radius 2 is 1.94 bits per heavy atom. The van der Waals surface area contributed by atoms with Crippen LogP contribution < -0.4 is 5.32 Å². The molecule has 2 rings (SSSR count). The first-order chi connectivity index (χ1) is 8.36. The minimum absolute atomic E-state index is 0.413. The lowest BCUT2D eigenvalue weighted by Gasteiger charge is -2.15. The SMILES string of the molecule is Cc1cc(C)c(NC(=O)C2(C(=O)O)CC2)c(Br)c1. The van der Waals surface area contributed by atoms with E-state index in [4.69, 9.17) is 5.11 Å². The quantitative estimate of drug-likeness (QED) is 0.843. The lowest BCUT2D eigenvalue weighted by atomic mass is 10.1. The van der Waals surface area contributed by atoms with Gasteiger partial charge in [-0.25, -0.2) is 0 Å². The highest BCUT2D eigenvalue weighted by Crippen LogP contribution is 2.47. The summed E-state index contributed by atoms with van der Waals surface area (Å²) in [6, 6.07) is 3.84. The van der Waals surface area contributed by atoms with Gasteiger partial charge in [0.2, 0.25) is 5.91 Å². The monoisotopic (exact) mass is 311 g/mol. The fraction of sp³-hybridized carbons (Fsp3) is 0.385. The lowest BCUT2D eigenvalue weighted by molar-refractivity contribution is -0.147. The Kier molecular flexibility index (Phi) is 3.19. The van der Waals surface area contributed by atoms with Gasteiger partial charge in [0, 0.05) is 4.47 Å². The molecule has 4 nitrogen and oxygen atoms in total. The van der Waals surface area contributed by atoms with E-state index < -0.39 is 17.3 Å². The number of benzene rings is 1. The predicted octanol–water partition coefficient (Wildman–Crippen LogP) is 2.87. The number of anilines is 1. The van der Waals surface area contributed by atoms with Gasteiger partial charge in [-0.15, -0.1) is 0 Å². The van der Waals surface area contributed by atoms with E-state index in [2.05, 4.69) is 21.2 Å². The molecule has 0 unspecified atom stereocenters. The molecule has 1 amide bonds. The molecule has 0 radical (unpaired) electrons. The molecule has 1 aromatic carbocycles. The zero-order valence-corrected chi connectivity index (χ0v) is 11.8. The maximum atomic E-state index is 12.0. The number of amides is 1. The Bertz CT molecular complexity index is 512. The number of aliphatic carboxylic acids is 1. The molecule has 1 aliphatic rings. The van der Waals surface area contributed by atoms with Gasteiger partial charge >= 0.3 is 5.97 Å². The second-order valence-electron chi connectivity index (χ2n) is 4.78. The lowest BCUT2D eigenvalue weighted by Crippen LogP contribution is -2.31. The van der Waals surface area contributed by atoms with Gasteiger partial charge in [0.15, 0.2) is 0 Å². The van der Waals surface area contributed by atoms with Crippen molar-refractivity contribution in [2.45, 2.75) is 26.7 Å². The Labute approximate surface area is 114 Å². The summed E-state index contributed by atoms with van der Waals surface area (Å²) in [5.41, 5.74) is 1.43. The fourth-order valence-electron chi connectivity index (χ4n) is 1.97. The van der Waals surface area contributed by atoms with E-state index in [-0.39, 0.29) is 0 Å². The van der Waals surface area contributed by atoms with Crippen LogP contribution in [0.25, 0.3) is 0 Å². The van der Waals surface area contributed by atoms with Crippen molar-refractivity contribution < 1.29 is 14.7 Å². The molecule has 18 heavy (non-hydrogen) atoms. The number of rotatable bonds is 3. The van der Waals surface area contributed by atoms with E-state index in [0.717, 1.165) is 15.6 Å². The average molecular weight is 312 g/mol. The van der Waals surface area contributed by atoms with E-state index >= 15 is 0 Å². The number of carboxylic acids is 1. The molecule has 1 saturated carbocycles. The van der Waals surface area contributed by atoms with Crippen LogP contribution in [0.2, 0.25) is 0 Å². The van der Waals surface area contributed by atoms with Crippen LogP contribution in [0.5, 0.6) is 0 Å². The standard InChI is InChI=1S/C13H14BrNO3/c1-7-5-8(2)10(9(14)6-7)15-11(16)13(3-4-13)12(17)18/h5-6H,3-4H2,1-2H3,(H,15,16)(H,17,18). The van der Waals surface area contributed by atoms with Crippen molar-refractivity contribution in [1.82, 2.24) is 0 Å². The summed E-state index contributed by atoms with van der Waals surface area (Å²) in [4.78, 5) is 23.1. The second kappa shape index (κ2) is 4.39. The van der Waals surface area contributed by atoms with E-state index in [1.807, 2.05) is 26.0 Å². The molecular formula is C13H14BrNO3. The molecule has 0 spiro atoms. The van der Waals surface area contributed by atoms with E-state index in [0.29, 0.717) is 18.5 Å². The summed E-state index contributed by atoms with van der Waals surface area (Å²) >= 11 is 3.39. The average Bonchev–Trinajstić information content (AvgIpc) is 3.03. The first kappa shape index (κ1) is 13.1. The van der Waals surface area contributed by atoms with Crippen LogP contribution in [0.4, 0.5) is 5.69 Å². The molecule has 0 heterocycles. The van der Waals surface area contributed by atoms with Gasteiger partial charge in [0.05, 0.1) is 5.69 Å². The summed E-state index contributed by atoms with van der Waals surface area (Å²) in [5.74, 6) is -1.47. The largest absolute Gasteiger partial charge is 0.480 e. The third kappa shape index (κ3) is 2.14. The second-order valence-corrected chi connectivity index (χ2v) is 5.63. The zero-order valence-electron chi connectivity index (χ0n) is 10.2. The molecule has 2 N–H and O–H groups in total. The first-order valence-corrected chi connectivity index (χ1v) is 6.48. The van der Waals surface area contributed by atoms with Crippen molar-refractivity contribution >= 4 is 33.5 Å². The Morgan fingerprint density at radius 3 is 2.39 bits per heavy atom. The minimum atomic E-state index is -1.21. The molecule has 1 aromatic rings. The van der Waals surface area contributed by atoms with Crippen molar-refractivity contribution in [2.75, 3.05) is 5.32 Å². The zero-order chi connectivity index (χ0) is 13.5. The van der Waals surface area contributed by atoms with Crippen LogP contribution in [-0.2, 0) is 9.59 Å². The normalized spacial score (nSPS) is 16.2. The summed E-state index contributed by atoms with van der Waals surface area (Å²) < 4.78 is 0.773. The smallest absolute Gasteiger partial charge is 0.319 e. The summed E-state index contributed by atoms with van der Waals surface area (Å²) in [7, 11) is 0.